The summed E-state index contributed by atoms with van der Waals surface area (Å²) in [7, 11) is 0. The van der Waals surface area contributed by atoms with Crippen LogP contribution in [0.25, 0.3) is 0 Å². The van der Waals surface area contributed by atoms with E-state index in [2.05, 4.69) is 9.69 Å². The first-order valence-electron chi connectivity index (χ1n) is 10.8. The number of nitrogens with one attached hydrogen (secondary N) is 1. The van der Waals surface area contributed by atoms with Gasteiger partial charge in [-0.05, 0) is 49.0 Å². The lowest BCUT2D eigenvalue weighted by Crippen LogP contribution is -2.52. The summed E-state index contributed by atoms with van der Waals surface area (Å²) in [5.74, 6) is -2.31. The number of halogens is 1. The molecule has 1 aliphatic rings. The van der Waals surface area contributed by atoms with E-state index in [0.717, 1.165) is 43.6 Å². The number of carbonyl (C=O) groups is 3. The molecule has 0 aliphatic heterocycles. The van der Waals surface area contributed by atoms with Crippen LogP contribution in [0.15, 0.2) is 24.3 Å². The van der Waals surface area contributed by atoms with Gasteiger partial charge in [-0.15, -0.1) is 0 Å². The molecule has 1 saturated carbocycles. The molecule has 0 spiro atoms. The van der Waals surface area contributed by atoms with Gasteiger partial charge in [0.25, 0.3) is 11.8 Å². The van der Waals surface area contributed by atoms with Crippen molar-refractivity contribution in [3.63, 3.8) is 0 Å². The van der Waals surface area contributed by atoms with Gasteiger partial charge >= 0.3 is 0 Å². The Morgan fingerprint density at radius 2 is 2.03 bits per heavy atom. The third-order valence-electron chi connectivity index (χ3n) is 5.61. The third-order valence-corrected chi connectivity index (χ3v) is 6.46. The minimum atomic E-state index is -0.872. The molecular formula is C22H28FN5O3S. The lowest BCUT2D eigenvalue weighted by atomic mass is 10.0. The first kappa shape index (κ1) is 23.6. The number of unbranched alkanes of at least 4 members (excludes halogenated alkanes) is 1. The average molecular weight is 462 g/mol. The number of rotatable bonds is 9. The predicted molar refractivity (Wildman–Crippen MR) is 122 cm³/mol. The van der Waals surface area contributed by atoms with Crippen LogP contribution in [0.3, 0.4) is 0 Å². The number of hydrogen-bond donors (Lipinski definition) is 3. The number of hydrogen-bond acceptors (Lipinski definition) is 6. The molecule has 2 aromatic rings. The highest BCUT2D eigenvalue weighted by molar-refractivity contribution is 7.09. The van der Waals surface area contributed by atoms with Crippen molar-refractivity contribution in [1.82, 2.24) is 9.69 Å². The Labute approximate surface area is 190 Å². The number of anilines is 2. The van der Waals surface area contributed by atoms with Crippen molar-refractivity contribution in [2.24, 2.45) is 5.73 Å². The molecule has 1 fully saturated rings. The van der Waals surface area contributed by atoms with E-state index in [-0.39, 0.29) is 33.9 Å². The monoisotopic (exact) mass is 461 g/mol. The van der Waals surface area contributed by atoms with E-state index >= 15 is 0 Å². The number of primary amides is 1. The SMILES string of the molecule is CCCC[C@H](C(=O)NC1CCCC1)N(C(=O)c1snc(C(N)=O)c1N)c1cccc(F)c1. The zero-order valence-corrected chi connectivity index (χ0v) is 18.8. The summed E-state index contributed by atoms with van der Waals surface area (Å²) in [6.07, 6.45) is 5.76. The van der Waals surface area contributed by atoms with Crippen LogP contribution in [0, 0.1) is 5.82 Å². The Morgan fingerprint density at radius 1 is 1.31 bits per heavy atom. The molecule has 32 heavy (non-hydrogen) atoms. The molecule has 5 N–H and O–H groups in total. The van der Waals surface area contributed by atoms with Crippen molar-refractivity contribution in [2.45, 2.75) is 64.0 Å². The molecule has 0 saturated heterocycles. The van der Waals surface area contributed by atoms with Gasteiger partial charge in [0.05, 0.1) is 5.69 Å². The molecule has 0 bridgehead atoms. The topological polar surface area (TPSA) is 131 Å². The van der Waals surface area contributed by atoms with Crippen LogP contribution < -0.4 is 21.7 Å². The van der Waals surface area contributed by atoms with Crippen molar-refractivity contribution in [2.75, 3.05) is 10.6 Å². The van der Waals surface area contributed by atoms with E-state index < -0.39 is 23.7 Å². The molecule has 0 unspecified atom stereocenters. The fraction of sp³-hybridized carbons (Fsp3) is 0.455. The number of aromatic nitrogens is 1. The minimum Gasteiger partial charge on any atom is -0.395 e. The largest absolute Gasteiger partial charge is 0.395 e. The van der Waals surface area contributed by atoms with Gasteiger partial charge in [0.1, 0.15) is 16.7 Å². The zero-order valence-electron chi connectivity index (χ0n) is 18.0. The van der Waals surface area contributed by atoms with Crippen LogP contribution in [0.2, 0.25) is 0 Å². The quantitative estimate of drug-likeness (QED) is 0.528. The number of benzene rings is 1. The van der Waals surface area contributed by atoms with Crippen molar-refractivity contribution in [3.8, 4) is 0 Å². The molecular weight excluding hydrogens is 433 g/mol. The van der Waals surface area contributed by atoms with Crippen molar-refractivity contribution in [1.29, 1.82) is 0 Å². The Hall–Kier alpha value is -3.01. The molecule has 1 aromatic heterocycles. The number of nitrogen functional groups attached to an aromatic ring is 1. The van der Waals surface area contributed by atoms with Gasteiger partial charge < -0.3 is 16.8 Å². The fourth-order valence-corrected chi connectivity index (χ4v) is 4.69. The Kier molecular flexibility index (Phi) is 7.79. The van der Waals surface area contributed by atoms with Gasteiger partial charge in [-0.2, -0.15) is 4.37 Å². The van der Waals surface area contributed by atoms with Crippen LogP contribution in [0.1, 0.15) is 72.0 Å². The molecule has 1 aliphatic carbocycles. The Bertz CT molecular complexity index is 990. The van der Waals surface area contributed by atoms with Gasteiger partial charge in [0.15, 0.2) is 5.69 Å². The van der Waals surface area contributed by atoms with Crippen LogP contribution in [-0.4, -0.2) is 34.2 Å². The maximum atomic E-state index is 14.1. The molecule has 1 heterocycles. The average Bonchev–Trinajstić information content (AvgIpc) is 3.40. The highest BCUT2D eigenvalue weighted by atomic mass is 32.1. The Morgan fingerprint density at radius 3 is 2.62 bits per heavy atom. The van der Waals surface area contributed by atoms with Gasteiger partial charge in [-0.1, -0.05) is 38.7 Å². The second-order valence-electron chi connectivity index (χ2n) is 7.94. The highest BCUT2D eigenvalue weighted by Crippen LogP contribution is 2.29. The highest BCUT2D eigenvalue weighted by Gasteiger charge is 2.35. The first-order valence-corrected chi connectivity index (χ1v) is 11.5. The third kappa shape index (κ3) is 5.24. The normalized spacial score (nSPS) is 14.8. The molecule has 172 valence electrons. The molecule has 3 amide bonds. The summed E-state index contributed by atoms with van der Waals surface area (Å²) in [6.45, 7) is 1.99. The first-order chi connectivity index (χ1) is 15.3. The molecule has 0 radical (unpaired) electrons. The van der Waals surface area contributed by atoms with Gasteiger partial charge in [-0.3, -0.25) is 19.3 Å². The van der Waals surface area contributed by atoms with Crippen LogP contribution in [-0.2, 0) is 4.79 Å². The summed E-state index contributed by atoms with van der Waals surface area (Å²) in [5.41, 5.74) is 11.2. The second-order valence-corrected chi connectivity index (χ2v) is 8.71. The fourth-order valence-electron chi connectivity index (χ4n) is 3.95. The number of nitrogens with two attached hydrogens (primary N) is 2. The van der Waals surface area contributed by atoms with Crippen molar-refractivity contribution in [3.05, 3.63) is 40.7 Å². The van der Waals surface area contributed by atoms with Crippen LogP contribution in [0.4, 0.5) is 15.8 Å². The molecule has 3 rings (SSSR count). The summed E-state index contributed by atoms with van der Waals surface area (Å²) in [6, 6.07) is 4.69. The summed E-state index contributed by atoms with van der Waals surface area (Å²) in [4.78, 5) is 39.8. The van der Waals surface area contributed by atoms with E-state index in [1.54, 1.807) is 6.07 Å². The maximum Gasteiger partial charge on any atom is 0.272 e. The zero-order chi connectivity index (χ0) is 23.3. The van der Waals surface area contributed by atoms with Crippen molar-refractivity contribution >= 4 is 40.6 Å². The van der Waals surface area contributed by atoms with E-state index in [1.165, 1.54) is 23.1 Å². The summed E-state index contributed by atoms with van der Waals surface area (Å²) in [5, 5.41) is 3.05. The molecule has 10 heteroatoms. The molecule has 8 nitrogen and oxygen atoms in total. The lowest BCUT2D eigenvalue weighted by Gasteiger charge is -2.32. The summed E-state index contributed by atoms with van der Waals surface area (Å²) >= 11 is 0.733. The summed E-state index contributed by atoms with van der Waals surface area (Å²) < 4.78 is 18.0. The van der Waals surface area contributed by atoms with E-state index in [4.69, 9.17) is 11.5 Å². The standard InChI is InChI=1S/C22H28FN5O3S/c1-2-3-11-16(21(30)26-14-8-4-5-9-14)28(15-10-6-7-13(23)12-15)22(31)19-17(24)18(20(25)29)27-32-19/h6-7,10,12,14,16H,2-5,8-9,11,24H2,1H3,(H2,25,29)(H,26,30)/t16-/m1/s1. The Balaban J connectivity index is 2.03. The van der Waals surface area contributed by atoms with Gasteiger partial charge in [0, 0.05) is 11.7 Å². The van der Waals surface area contributed by atoms with Crippen LogP contribution >= 0.6 is 11.5 Å². The predicted octanol–water partition coefficient (Wildman–Crippen LogP) is 3.23. The smallest absolute Gasteiger partial charge is 0.272 e. The lowest BCUT2D eigenvalue weighted by molar-refractivity contribution is -0.123. The maximum absolute atomic E-state index is 14.1. The minimum absolute atomic E-state index is 0.0155. The van der Waals surface area contributed by atoms with Gasteiger partial charge in [-0.25, -0.2) is 4.39 Å². The van der Waals surface area contributed by atoms with E-state index in [9.17, 15) is 18.8 Å². The second kappa shape index (κ2) is 10.5. The van der Waals surface area contributed by atoms with Gasteiger partial charge in [0.2, 0.25) is 5.91 Å². The van der Waals surface area contributed by atoms with Crippen molar-refractivity contribution < 1.29 is 18.8 Å². The number of nitrogens with zero attached hydrogens (tertiary/aromatic N) is 2. The van der Waals surface area contributed by atoms with Crippen LogP contribution in [0.5, 0.6) is 0 Å². The molecule has 1 atom stereocenters. The molecule has 1 aromatic carbocycles. The number of carbonyl (C=O) groups excluding carboxylic acids is 3. The van der Waals surface area contributed by atoms with E-state index in [1.807, 2.05) is 6.92 Å². The number of amides is 3. The van der Waals surface area contributed by atoms with E-state index in [0.29, 0.717) is 12.8 Å².